The van der Waals surface area contributed by atoms with E-state index in [-0.39, 0.29) is 5.63 Å². The standard InChI is InChI=1S/C18H20N4O2S/c1-4-22-11-13(9-19-22)10-21(3)18(25)20-14-5-6-15-12(2)7-17(23)24-16(15)8-14/h5-9,11H,4,10H2,1-3H3,(H,20,25). The van der Waals surface area contributed by atoms with Crippen LogP contribution in [0.1, 0.15) is 18.1 Å². The first-order valence-corrected chi connectivity index (χ1v) is 8.45. The number of nitrogens with one attached hydrogen (secondary N) is 1. The molecule has 0 aliphatic carbocycles. The van der Waals surface area contributed by atoms with Crippen LogP contribution in [0, 0.1) is 6.92 Å². The van der Waals surface area contributed by atoms with Gasteiger partial charge in [-0.05, 0) is 43.8 Å². The van der Waals surface area contributed by atoms with Gasteiger partial charge >= 0.3 is 5.63 Å². The SMILES string of the molecule is CCn1cc(CN(C)C(=S)Nc2ccc3c(C)cc(=O)oc3c2)cn1. The van der Waals surface area contributed by atoms with Crippen molar-refractivity contribution in [2.24, 2.45) is 0 Å². The molecule has 3 aromatic rings. The average Bonchev–Trinajstić information content (AvgIpc) is 3.01. The van der Waals surface area contributed by atoms with Crippen molar-refractivity contribution in [1.82, 2.24) is 14.7 Å². The molecule has 3 rings (SSSR count). The zero-order valence-corrected chi connectivity index (χ0v) is 15.3. The second kappa shape index (κ2) is 7.06. The highest BCUT2D eigenvalue weighted by Crippen LogP contribution is 2.21. The number of thiocarbonyl (C=S) groups is 1. The Kier molecular flexibility index (Phi) is 4.85. The molecule has 0 fully saturated rings. The lowest BCUT2D eigenvalue weighted by Gasteiger charge is -2.20. The van der Waals surface area contributed by atoms with Crippen molar-refractivity contribution in [3.63, 3.8) is 0 Å². The second-order valence-electron chi connectivity index (χ2n) is 5.95. The maximum atomic E-state index is 11.5. The highest BCUT2D eigenvalue weighted by molar-refractivity contribution is 7.80. The van der Waals surface area contributed by atoms with Gasteiger partial charge in [0, 0.05) is 55.1 Å². The maximum Gasteiger partial charge on any atom is 0.336 e. The molecule has 0 radical (unpaired) electrons. The van der Waals surface area contributed by atoms with Crippen molar-refractivity contribution in [2.45, 2.75) is 26.9 Å². The minimum Gasteiger partial charge on any atom is -0.423 e. The summed E-state index contributed by atoms with van der Waals surface area (Å²) in [6, 6.07) is 7.12. The van der Waals surface area contributed by atoms with Crippen LogP contribution in [0.2, 0.25) is 0 Å². The number of nitrogens with zero attached hydrogens (tertiary/aromatic N) is 3. The first kappa shape index (κ1) is 17.2. The summed E-state index contributed by atoms with van der Waals surface area (Å²) in [5, 5.41) is 8.94. The van der Waals surface area contributed by atoms with Gasteiger partial charge in [-0.2, -0.15) is 5.10 Å². The van der Waals surface area contributed by atoms with E-state index in [0.29, 0.717) is 17.2 Å². The van der Waals surface area contributed by atoms with Gasteiger partial charge in [0.15, 0.2) is 5.11 Å². The number of rotatable bonds is 4. The van der Waals surface area contributed by atoms with E-state index in [2.05, 4.69) is 10.4 Å². The van der Waals surface area contributed by atoms with Crippen molar-refractivity contribution in [3.05, 3.63) is 58.2 Å². The lowest BCUT2D eigenvalue weighted by molar-refractivity contribution is 0.508. The second-order valence-corrected chi connectivity index (χ2v) is 6.34. The molecule has 0 aliphatic heterocycles. The minimum atomic E-state index is -0.352. The van der Waals surface area contributed by atoms with Crippen LogP contribution in [-0.2, 0) is 13.1 Å². The molecule has 2 heterocycles. The number of fused-ring (bicyclic) bond motifs is 1. The van der Waals surface area contributed by atoms with Crippen molar-refractivity contribution >= 4 is 34.0 Å². The maximum absolute atomic E-state index is 11.5. The van der Waals surface area contributed by atoms with E-state index < -0.39 is 0 Å². The predicted molar refractivity (Wildman–Crippen MR) is 103 cm³/mol. The number of aryl methyl sites for hydroxylation is 2. The Balaban J connectivity index is 1.73. The Hall–Kier alpha value is -2.67. The molecular weight excluding hydrogens is 336 g/mol. The van der Waals surface area contributed by atoms with Crippen LogP contribution in [0.5, 0.6) is 0 Å². The smallest absolute Gasteiger partial charge is 0.336 e. The summed E-state index contributed by atoms with van der Waals surface area (Å²) in [4.78, 5) is 13.5. The molecule has 0 saturated heterocycles. The Morgan fingerprint density at radius 3 is 2.92 bits per heavy atom. The van der Waals surface area contributed by atoms with Gasteiger partial charge in [-0.3, -0.25) is 4.68 Å². The first-order valence-electron chi connectivity index (χ1n) is 8.04. The highest BCUT2D eigenvalue weighted by Gasteiger charge is 2.09. The molecule has 25 heavy (non-hydrogen) atoms. The van der Waals surface area contributed by atoms with Crippen molar-refractivity contribution in [1.29, 1.82) is 0 Å². The largest absolute Gasteiger partial charge is 0.423 e. The molecule has 0 aliphatic rings. The Morgan fingerprint density at radius 1 is 1.40 bits per heavy atom. The lowest BCUT2D eigenvalue weighted by atomic mass is 10.1. The molecule has 0 atom stereocenters. The summed E-state index contributed by atoms with van der Waals surface area (Å²) in [7, 11) is 1.92. The Labute approximate surface area is 151 Å². The van der Waals surface area contributed by atoms with Crippen LogP contribution >= 0.6 is 12.2 Å². The number of anilines is 1. The van der Waals surface area contributed by atoms with Crippen molar-refractivity contribution in [2.75, 3.05) is 12.4 Å². The van der Waals surface area contributed by atoms with E-state index in [1.165, 1.54) is 6.07 Å². The molecule has 0 bridgehead atoms. The quantitative estimate of drug-likeness (QED) is 0.572. The summed E-state index contributed by atoms with van der Waals surface area (Å²) >= 11 is 5.46. The van der Waals surface area contributed by atoms with E-state index >= 15 is 0 Å². The number of benzene rings is 1. The van der Waals surface area contributed by atoms with E-state index in [0.717, 1.165) is 28.7 Å². The first-order chi connectivity index (χ1) is 12.0. The molecule has 2 aromatic heterocycles. The van der Waals surface area contributed by atoms with Gasteiger partial charge in [0.25, 0.3) is 0 Å². The zero-order chi connectivity index (χ0) is 18.0. The fraction of sp³-hybridized carbons (Fsp3) is 0.278. The third-order valence-electron chi connectivity index (χ3n) is 3.98. The third kappa shape index (κ3) is 3.88. The van der Waals surface area contributed by atoms with Crippen LogP contribution < -0.4 is 10.9 Å². The molecule has 0 saturated carbocycles. The zero-order valence-electron chi connectivity index (χ0n) is 14.4. The molecule has 1 aromatic carbocycles. The Bertz CT molecular complexity index is 977. The molecule has 7 heteroatoms. The number of aromatic nitrogens is 2. The topological polar surface area (TPSA) is 63.3 Å². The summed E-state index contributed by atoms with van der Waals surface area (Å²) in [5.74, 6) is 0. The molecule has 1 N–H and O–H groups in total. The molecule has 130 valence electrons. The van der Waals surface area contributed by atoms with Crippen LogP contribution in [0.3, 0.4) is 0 Å². The Morgan fingerprint density at radius 2 is 2.20 bits per heavy atom. The minimum absolute atomic E-state index is 0.352. The average molecular weight is 356 g/mol. The summed E-state index contributed by atoms with van der Waals surface area (Å²) in [6.07, 6.45) is 3.85. The number of hydrogen-bond acceptors (Lipinski definition) is 4. The van der Waals surface area contributed by atoms with Crippen LogP contribution in [0.25, 0.3) is 11.0 Å². The summed E-state index contributed by atoms with van der Waals surface area (Å²) in [6.45, 7) is 5.44. The third-order valence-corrected chi connectivity index (χ3v) is 4.39. The number of hydrogen-bond donors (Lipinski definition) is 1. The normalized spacial score (nSPS) is 10.8. The van der Waals surface area contributed by atoms with Gasteiger partial charge < -0.3 is 14.6 Å². The van der Waals surface area contributed by atoms with Crippen molar-refractivity contribution in [3.8, 4) is 0 Å². The molecule has 0 amide bonds. The predicted octanol–water partition coefficient (Wildman–Crippen LogP) is 3.15. The highest BCUT2D eigenvalue weighted by atomic mass is 32.1. The molecular formula is C18H20N4O2S. The molecule has 0 unspecified atom stereocenters. The van der Waals surface area contributed by atoms with Gasteiger partial charge in [-0.25, -0.2) is 4.79 Å². The van der Waals surface area contributed by atoms with Gasteiger partial charge in [0.2, 0.25) is 0 Å². The van der Waals surface area contributed by atoms with Crippen molar-refractivity contribution < 1.29 is 4.42 Å². The van der Waals surface area contributed by atoms with Crippen LogP contribution in [-0.4, -0.2) is 26.8 Å². The van der Waals surface area contributed by atoms with Gasteiger partial charge in [0.05, 0.1) is 6.20 Å². The molecule has 6 nitrogen and oxygen atoms in total. The fourth-order valence-electron chi connectivity index (χ4n) is 2.63. The monoisotopic (exact) mass is 356 g/mol. The summed E-state index contributed by atoms with van der Waals surface area (Å²) in [5.41, 5.74) is 2.96. The van der Waals surface area contributed by atoms with E-state index in [9.17, 15) is 4.79 Å². The van der Waals surface area contributed by atoms with E-state index in [4.69, 9.17) is 16.6 Å². The van der Waals surface area contributed by atoms with Gasteiger partial charge in [-0.1, -0.05) is 0 Å². The molecule has 0 spiro atoms. The van der Waals surface area contributed by atoms with Crippen LogP contribution in [0.4, 0.5) is 5.69 Å². The van der Waals surface area contributed by atoms with E-state index in [1.54, 1.807) is 6.07 Å². The fourth-order valence-corrected chi connectivity index (χ4v) is 2.81. The van der Waals surface area contributed by atoms with Crippen LogP contribution in [0.15, 0.2) is 45.9 Å². The van der Waals surface area contributed by atoms with Gasteiger partial charge in [-0.15, -0.1) is 0 Å². The van der Waals surface area contributed by atoms with Gasteiger partial charge in [0.1, 0.15) is 5.58 Å². The van der Waals surface area contributed by atoms with E-state index in [1.807, 2.05) is 55.0 Å². The summed E-state index contributed by atoms with van der Waals surface area (Å²) < 4.78 is 7.15. The lowest BCUT2D eigenvalue weighted by Crippen LogP contribution is -2.30.